The van der Waals surface area contributed by atoms with E-state index >= 15 is 0 Å². The largest absolute Gasteiger partial charge is 0.459 e. The molecule has 0 amide bonds. The van der Waals surface area contributed by atoms with Crippen LogP contribution in [-0.2, 0) is 13.1 Å². The zero-order chi connectivity index (χ0) is 14.9. The molecule has 22 heavy (non-hydrogen) atoms. The van der Waals surface area contributed by atoms with Gasteiger partial charge in [0.25, 0.3) is 5.89 Å². The van der Waals surface area contributed by atoms with Crippen LogP contribution in [0.3, 0.4) is 0 Å². The molecule has 3 heterocycles. The van der Waals surface area contributed by atoms with Gasteiger partial charge in [-0.25, -0.2) is 0 Å². The van der Waals surface area contributed by atoms with Crippen LogP contribution in [0.1, 0.15) is 23.1 Å². The monoisotopic (exact) mass is 297 g/mol. The molecule has 112 valence electrons. The van der Waals surface area contributed by atoms with Gasteiger partial charge in [-0.15, -0.1) is 10.2 Å². The summed E-state index contributed by atoms with van der Waals surface area (Å²) >= 11 is 0. The maximum atomic E-state index is 10.2. The molecule has 6 heteroatoms. The molecule has 0 aliphatic carbocycles. The molecular formula is C16H15N3O3. The maximum Gasteiger partial charge on any atom is 0.283 e. The molecule has 1 N–H and O–H groups in total. The molecule has 0 spiro atoms. The van der Waals surface area contributed by atoms with Gasteiger partial charge in [0.05, 0.1) is 18.9 Å². The maximum absolute atomic E-state index is 10.2. The fraction of sp³-hybridized carbons (Fsp3) is 0.250. The number of nitrogens with zero attached hydrogens (tertiary/aromatic N) is 3. The van der Waals surface area contributed by atoms with E-state index < -0.39 is 6.10 Å². The van der Waals surface area contributed by atoms with Crippen molar-refractivity contribution in [1.82, 2.24) is 15.1 Å². The Bertz CT molecular complexity index is 767. The van der Waals surface area contributed by atoms with Crippen molar-refractivity contribution >= 4 is 0 Å². The van der Waals surface area contributed by atoms with Crippen LogP contribution >= 0.6 is 0 Å². The zero-order valence-electron chi connectivity index (χ0n) is 11.8. The van der Waals surface area contributed by atoms with Crippen molar-refractivity contribution in [2.45, 2.75) is 19.2 Å². The number of rotatable bonds is 3. The Morgan fingerprint density at radius 2 is 2.09 bits per heavy atom. The Hall–Kier alpha value is -2.44. The van der Waals surface area contributed by atoms with Crippen molar-refractivity contribution in [3.05, 3.63) is 59.7 Å². The minimum absolute atomic E-state index is 0.373. The Morgan fingerprint density at radius 1 is 1.18 bits per heavy atom. The minimum atomic E-state index is -0.489. The highest BCUT2D eigenvalue weighted by Crippen LogP contribution is 2.27. The first-order valence-corrected chi connectivity index (χ1v) is 7.14. The fourth-order valence-corrected chi connectivity index (χ4v) is 2.78. The summed E-state index contributed by atoms with van der Waals surface area (Å²) in [7, 11) is 0. The number of benzene rings is 1. The van der Waals surface area contributed by atoms with Gasteiger partial charge in [0.1, 0.15) is 0 Å². The van der Waals surface area contributed by atoms with E-state index in [1.807, 2.05) is 24.3 Å². The summed E-state index contributed by atoms with van der Waals surface area (Å²) in [5.74, 6) is 1.44. The SMILES string of the molecule is OC1CN(Cc2nnc(-c3ccco3)o2)Cc2ccccc21. The lowest BCUT2D eigenvalue weighted by Crippen LogP contribution is -2.33. The summed E-state index contributed by atoms with van der Waals surface area (Å²) in [5.41, 5.74) is 2.13. The molecule has 1 unspecified atom stereocenters. The van der Waals surface area contributed by atoms with Crippen LogP contribution < -0.4 is 0 Å². The molecule has 1 aromatic carbocycles. The minimum Gasteiger partial charge on any atom is -0.459 e. The van der Waals surface area contributed by atoms with Crippen LogP contribution in [0.4, 0.5) is 0 Å². The number of hydrogen-bond donors (Lipinski definition) is 1. The second-order valence-corrected chi connectivity index (χ2v) is 5.36. The number of hydrogen-bond acceptors (Lipinski definition) is 6. The third kappa shape index (κ3) is 2.43. The molecule has 1 aliphatic heterocycles. The molecule has 2 aromatic heterocycles. The Morgan fingerprint density at radius 3 is 2.95 bits per heavy atom. The van der Waals surface area contributed by atoms with Crippen LogP contribution in [0.15, 0.2) is 51.5 Å². The summed E-state index contributed by atoms with van der Waals surface area (Å²) in [5, 5.41) is 18.3. The normalized spacial score (nSPS) is 18.3. The number of aromatic nitrogens is 2. The van der Waals surface area contributed by atoms with Crippen molar-refractivity contribution in [1.29, 1.82) is 0 Å². The van der Waals surface area contributed by atoms with Gasteiger partial charge in [-0.1, -0.05) is 24.3 Å². The van der Waals surface area contributed by atoms with E-state index in [0.717, 1.165) is 17.7 Å². The average molecular weight is 297 g/mol. The van der Waals surface area contributed by atoms with E-state index in [2.05, 4.69) is 15.1 Å². The lowest BCUT2D eigenvalue weighted by molar-refractivity contribution is 0.0830. The average Bonchev–Trinajstić information content (AvgIpc) is 3.18. The second kappa shape index (κ2) is 5.40. The standard InChI is InChI=1S/C16H15N3O3/c20-13-9-19(8-11-4-1-2-5-12(11)13)10-15-17-18-16(22-15)14-6-3-7-21-14/h1-7,13,20H,8-10H2. The van der Waals surface area contributed by atoms with Crippen molar-refractivity contribution < 1.29 is 13.9 Å². The summed E-state index contributed by atoms with van der Waals surface area (Å²) in [4.78, 5) is 2.09. The summed E-state index contributed by atoms with van der Waals surface area (Å²) < 4.78 is 10.9. The molecule has 0 saturated carbocycles. The van der Waals surface area contributed by atoms with Crippen LogP contribution in [0.2, 0.25) is 0 Å². The third-order valence-corrected chi connectivity index (χ3v) is 3.80. The van der Waals surface area contributed by atoms with Gasteiger partial charge in [-0.3, -0.25) is 4.90 Å². The number of aliphatic hydroxyl groups excluding tert-OH is 1. The number of β-amino-alcohol motifs (C(OH)–C–C–N with tert-alkyl or cyclic N) is 1. The zero-order valence-corrected chi connectivity index (χ0v) is 11.8. The van der Waals surface area contributed by atoms with Crippen molar-refractivity contribution in [3.8, 4) is 11.7 Å². The van der Waals surface area contributed by atoms with Crippen molar-refractivity contribution in [3.63, 3.8) is 0 Å². The summed E-state index contributed by atoms with van der Waals surface area (Å²) in [6.45, 7) is 1.81. The van der Waals surface area contributed by atoms with Gasteiger partial charge in [0, 0.05) is 13.1 Å². The highest BCUT2D eigenvalue weighted by atomic mass is 16.4. The van der Waals surface area contributed by atoms with Crippen LogP contribution in [-0.4, -0.2) is 26.7 Å². The summed E-state index contributed by atoms with van der Waals surface area (Å²) in [6, 6.07) is 11.5. The van der Waals surface area contributed by atoms with E-state index in [-0.39, 0.29) is 0 Å². The topological polar surface area (TPSA) is 75.5 Å². The number of aliphatic hydroxyl groups is 1. The molecule has 3 aromatic rings. The molecule has 0 fully saturated rings. The first-order chi connectivity index (χ1) is 10.8. The molecular weight excluding hydrogens is 282 g/mol. The Labute approximate surface area is 127 Å². The Kier molecular flexibility index (Phi) is 3.25. The van der Waals surface area contributed by atoms with Gasteiger partial charge in [-0.2, -0.15) is 0 Å². The first-order valence-electron chi connectivity index (χ1n) is 7.14. The lowest BCUT2D eigenvalue weighted by Gasteiger charge is -2.31. The van der Waals surface area contributed by atoms with Crippen molar-refractivity contribution in [2.75, 3.05) is 6.54 Å². The highest BCUT2D eigenvalue weighted by Gasteiger charge is 2.24. The van der Waals surface area contributed by atoms with Gasteiger partial charge in [-0.05, 0) is 23.3 Å². The van der Waals surface area contributed by atoms with E-state index in [1.54, 1.807) is 18.4 Å². The Balaban J connectivity index is 1.51. The molecule has 1 aliphatic rings. The third-order valence-electron chi connectivity index (χ3n) is 3.80. The van der Waals surface area contributed by atoms with Crippen LogP contribution in [0.25, 0.3) is 11.7 Å². The first kappa shape index (κ1) is 13.2. The smallest absolute Gasteiger partial charge is 0.283 e. The molecule has 6 nitrogen and oxygen atoms in total. The summed E-state index contributed by atoms with van der Waals surface area (Å²) in [6.07, 6.45) is 1.08. The van der Waals surface area contributed by atoms with E-state index in [9.17, 15) is 5.11 Å². The fourth-order valence-electron chi connectivity index (χ4n) is 2.78. The lowest BCUT2D eigenvalue weighted by atomic mass is 9.97. The predicted octanol–water partition coefficient (Wildman–Crippen LogP) is 2.38. The van der Waals surface area contributed by atoms with Crippen LogP contribution in [0, 0.1) is 0 Å². The van der Waals surface area contributed by atoms with Crippen LogP contribution in [0.5, 0.6) is 0 Å². The molecule has 0 bridgehead atoms. The van der Waals surface area contributed by atoms with Gasteiger partial charge in [0.2, 0.25) is 5.89 Å². The van der Waals surface area contributed by atoms with E-state index in [4.69, 9.17) is 8.83 Å². The second-order valence-electron chi connectivity index (χ2n) is 5.36. The number of furan rings is 1. The predicted molar refractivity (Wildman–Crippen MR) is 77.5 cm³/mol. The van der Waals surface area contributed by atoms with E-state index in [0.29, 0.717) is 30.6 Å². The van der Waals surface area contributed by atoms with E-state index in [1.165, 1.54) is 0 Å². The molecule has 4 rings (SSSR count). The number of fused-ring (bicyclic) bond motifs is 1. The van der Waals surface area contributed by atoms with Gasteiger partial charge in [0.15, 0.2) is 5.76 Å². The van der Waals surface area contributed by atoms with Gasteiger partial charge < -0.3 is 13.9 Å². The van der Waals surface area contributed by atoms with Crippen molar-refractivity contribution in [2.24, 2.45) is 0 Å². The molecule has 0 saturated heterocycles. The highest BCUT2D eigenvalue weighted by molar-refractivity contribution is 5.42. The molecule has 0 radical (unpaired) electrons. The quantitative estimate of drug-likeness (QED) is 0.800. The van der Waals surface area contributed by atoms with Gasteiger partial charge >= 0.3 is 0 Å². The molecule has 1 atom stereocenters.